The molecule has 2 N–H and O–H groups in total. The molecule has 4 rings (SSSR count). The predicted molar refractivity (Wildman–Crippen MR) is 125 cm³/mol. The van der Waals surface area contributed by atoms with Crippen LogP contribution in [0.15, 0.2) is 60.7 Å². The molecule has 0 aliphatic heterocycles. The van der Waals surface area contributed by atoms with Crippen molar-refractivity contribution in [2.75, 3.05) is 7.11 Å². The van der Waals surface area contributed by atoms with Crippen molar-refractivity contribution in [3.63, 3.8) is 0 Å². The van der Waals surface area contributed by atoms with Gasteiger partial charge < -0.3 is 15.4 Å². The number of nitrogens with zero attached hydrogens (tertiary/aromatic N) is 2. The number of halogens is 2. The number of primary amides is 1. The number of para-hydroxylation sites is 1. The van der Waals surface area contributed by atoms with E-state index in [9.17, 15) is 19.2 Å². The number of hydrogen-bond donors (Lipinski definition) is 1. The van der Waals surface area contributed by atoms with E-state index in [-0.39, 0.29) is 10.6 Å². The minimum Gasteiger partial charge on any atom is -0.496 e. The van der Waals surface area contributed by atoms with Crippen LogP contribution in [0.3, 0.4) is 0 Å². The van der Waals surface area contributed by atoms with Gasteiger partial charge in [0.2, 0.25) is 5.91 Å². The van der Waals surface area contributed by atoms with Crippen molar-refractivity contribution in [2.24, 2.45) is 5.73 Å². The lowest BCUT2D eigenvalue weighted by molar-refractivity contribution is -0.123. The first-order valence-corrected chi connectivity index (χ1v) is 11.0. The summed E-state index contributed by atoms with van der Waals surface area (Å²) in [5.41, 5.74) is 7.74. The summed E-state index contributed by atoms with van der Waals surface area (Å²) in [6, 6.07) is 16.0. The molecule has 8 heteroatoms. The van der Waals surface area contributed by atoms with Crippen molar-refractivity contribution in [1.82, 2.24) is 4.90 Å². The molecule has 3 aromatic carbocycles. The zero-order valence-electron chi connectivity index (χ0n) is 18.3. The molecule has 0 fully saturated rings. The minimum atomic E-state index is -1.22. The Kier molecular flexibility index (Phi) is 6.53. The average molecular weight is 478 g/mol. The standard InChI is InChI=1S/C26H21ClFN3O3/c1-34-23-8-3-2-7-19(23)26(33)31(22-10-9-18-20(22)12-17(27)13-21(18)28)24(25(30)32)16-6-4-5-15(11-16)14-29/h2-8,11-13,22,24H,9-10H2,1H3,(H2,30,32)/t22-,24-/m1/s1. The zero-order valence-corrected chi connectivity index (χ0v) is 19.1. The third kappa shape index (κ3) is 4.20. The second kappa shape index (κ2) is 9.54. The first-order chi connectivity index (χ1) is 16.3. The summed E-state index contributed by atoms with van der Waals surface area (Å²) in [5, 5.41) is 9.55. The van der Waals surface area contributed by atoms with Crippen molar-refractivity contribution in [2.45, 2.75) is 24.9 Å². The minimum absolute atomic E-state index is 0.190. The maximum absolute atomic E-state index is 14.7. The number of fused-ring (bicyclic) bond motifs is 1. The molecule has 0 heterocycles. The van der Waals surface area contributed by atoms with E-state index in [1.54, 1.807) is 48.5 Å². The van der Waals surface area contributed by atoms with Gasteiger partial charge in [-0.25, -0.2) is 4.39 Å². The van der Waals surface area contributed by atoms with Crippen molar-refractivity contribution in [3.05, 3.63) is 99.3 Å². The Hall–Kier alpha value is -3.89. The highest BCUT2D eigenvalue weighted by molar-refractivity contribution is 6.30. The molecular formula is C26H21ClFN3O3. The van der Waals surface area contributed by atoms with E-state index in [4.69, 9.17) is 22.1 Å². The van der Waals surface area contributed by atoms with Crippen LogP contribution in [0.25, 0.3) is 0 Å². The number of hydrogen-bond acceptors (Lipinski definition) is 4. The van der Waals surface area contributed by atoms with Gasteiger partial charge in [0.1, 0.15) is 17.6 Å². The van der Waals surface area contributed by atoms with Crippen LogP contribution >= 0.6 is 11.6 Å². The van der Waals surface area contributed by atoms with Gasteiger partial charge in [0.05, 0.1) is 30.3 Å². The zero-order chi connectivity index (χ0) is 24.4. The lowest BCUT2D eigenvalue weighted by Gasteiger charge is -2.36. The van der Waals surface area contributed by atoms with Crippen LogP contribution in [0.5, 0.6) is 5.75 Å². The highest BCUT2D eigenvalue weighted by atomic mass is 35.5. The second-order valence-corrected chi connectivity index (χ2v) is 8.40. The smallest absolute Gasteiger partial charge is 0.259 e. The number of rotatable bonds is 6. The fourth-order valence-electron chi connectivity index (χ4n) is 4.55. The van der Waals surface area contributed by atoms with Crippen molar-refractivity contribution >= 4 is 23.4 Å². The lowest BCUT2D eigenvalue weighted by atomic mass is 9.96. The van der Waals surface area contributed by atoms with Gasteiger partial charge in [-0.1, -0.05) is 35.9 Å². The van der Waals surface area contributed by atoms with Crippen LogP contribution in [0, 0.1) is 17.1 Å². The molecule has 0 radical (unpaired) electrons. The number of methoxy groups -OCH3 is 1. The van der Waals surface area contributed by atoms with E-state index in [2.05, 4.69) is 0 Å². The molecule has 0 spiro atoms. The van der Waals surface area contributed by atoms with Gasteiger partial charge in [-0.15, -0.1) is 0 Å². The molecular weight excluding hydrogens is 457 g/mol. The number of benzene rings is 3. The van der Waals surface area contributed by atoms with Crippen LogP contribution in [0.4, 0.5) is 4.39 Å². The fourth-order valence-corrected chi connectivity index (χ4v) is 4.76. The molecule has 0 bridgehead atoms. The summed E-state index contributed by atoms with van der Waals surface area (Å²) >= 11 is 6.15. The Bertz CT molecular complexity index is 1320. The maximum atomic E-state index is 14.7. The van der Waals surface area contributed by atoms with E-state index in [0.29, 0.717) is 40.8 Å². The molecule has 2 amide bonds. The summed E-state index contributed by atoms with van der Waals surface area (Å²) < 4.78 is 20.1. The number of carbonyl (C=O) groups is 2. The third-order valence-corrected chi connectivity index (χ3v) is 6.23. The Balaban J connectivity index is 1.93. The predicted octanol–water partition coefficient (Wildman–Crippen LogP) is 4.72. The quantitative estimate of drug-likeness (QED) is 0.555. The molecule has 1 aliphatic rings. The van der Waals surface area contributed by atoms with Gasteiger partial charge in [0, 0.05) is 5.02 Å². The molecule has 34 heavy (non-hydrogen) atoms. The Morgan fingerprint density at radius 2 is 1.97 bits per heavy atom. The first-order valence-electron chi connectivity index (χ1n) is 10.6. The summed E-state index contributed by atoms with van der Waals surface area (Å²) in [4.78, 5) is 28.2. The van der Waals surface area contributed by atoms with Gasteiger partial charge in [-0.3, -0.25) is 9.59 Å². The van der Waals surface area contributed by atoms with Crippen molar-refractivity contribution < 1.29 is 18.7 Å². The average Bonchev–Trinajstić information content (AvgIpc) is 3.25. The van der Waals surface area contributed by atoms with Crippen LogP contribution in [0.2, 0.25) is 5.02 Å². The normalized spacial score (nSPS) is 15.2. The van der Waals surface area contributed by atoms with Gasteiger partial charge in [0.25, 0.3) is 5.91 Å². The van der Waals surface area contributed by atoms with Crippen LogP contribution < -0.4 is 10.5 Å². The summed E-state index contributed by atoms with van der Waals surface area (Å²) in [6.45, 7) is 0. The largest absolute Gasteiger partial charge is 0.496 e. The molecule has 172 valence electrons. The van der Waals surface area contributed by atoms with E-state index in [1.165, 1.54) is 24.1 Å². The van der Waals surface area contributed by atoms with Gasteiger partial charge in [-0.2, -0.15) is 5.26 Å². The van der Waals surface area contributed by atoms with Gasteiger partial charge in [0.15, 0.2) is 0 Å². The third-order valence-electron chi connectivity index (χ3n) is 6.01. The summed E-state index contributed by atoms with van der Waals surface area (Å²) in [7, 11) is 1.44. The molecule has 2 atom stereocenters. The number of carbonyl (C=O) groups excluding carboxylic acids is 2. The summed E-state index contributed by atoms with van der Waals surface area (Å²) in [6.07, 6.45) is 0.734. The van der Waals surface area contributed by atoms with E-state index in [1.807, 2.05) is 6.07 Å². The highest BCUT2D eigenvalue weighted by Crippen LogP contribution is 2.43. The maximum Gasteiger partial charge on any atom is 0.259 e. The van der Waals surface area contributed by atoms with Gasteiger partial charge in [-0.05, 0) is 65.9 Å². The van der Waals surface area contributed by atoms with Crippen LogP contribution in [-0.2, 0) is 11.2 Å². The van der Waals surface area contributed by atoms with E-state index in [0.717, 1.165) is 0 Å². The topological polar surface area (TPSA) is 96.4 Å². The van der Waals surface area contributed by atoms with Gasteiger partial charge >= 0.3 is 0 Å². The highest BCUT2D eigenvalue weighted by Gasteiger charge is 2.41. The van der Waals surface area contributed by atoms with E-state index >= 15 is 0 Å². The monoisotopic (exact) mass is 477 g/mol. The van der Waals surface area contributed by atoms with Crippen molar-refractivity contribution in [3.8, 4) is 11.8 Å². The molecule has 6 nitrogen and oxygen atoms in total. The van der Waals surface area contributed by atoms with Crippen LogP contribution in [0.1, 0.15) is 51.1 Å². The molecule has 1 aliphatic carbocycles. The molecule has 0 aromatic heterocycles. The number of amides is 2. The molecule has 0 saturated heterocycles. The Morgan fingerprint density at radius 3 is 2.68 bits per heavy atom. The van der Waals surface area contributed by atoms with Crippen LogP contribution in [-0.4, -0.2) is 23.8 Å². The fraction of sp³-hybridized carbons (Fsp3) is 0.192. The molecule has 0 unspecified atom stereocenters. The van der Waals surface area contributed by atoms with Crippen molar-refractivity contribution in [1.29, 1.82) is 5.26 Å². The lowest BCUT2D eigenvalue weighted by Crippen LogP contribution is -2.43. The van der Waals surface area contributed by atoms with E-state index < -0.39 is 29.7 Å². The first kappa shape index (κ1) is 23.3. The molecule has 3 aromatic rings. The second-order valence-electron chi connectivity index (χ2n) is 7.96. The Morgan fingerprint density at radius 1 is 1.21 bits per heavy atom. The SMILES string of the molecule is COc1ccccc1C(=O)N([C@@H]1CCc2c(F)cc(Cl)cc21)[C@@H](C(N)=O)c1cccc(C#N)c1. The summed E-state index contributed by atoms with van der Waals surface area (Å²) in [5.74, 6) is -1.44. The Labute approximate surface area is 201 Å². The molecule has 0 saturated carbocycles. The number of ether oxygens (including phenoxy) is 1. The number of nitriles is 1. The number of nitrogens with two attached hydrogens (primary N) is 1.